The Morgan fingerprint density at radius 3 is 2.76 bits per heavy atom. The zero-order valence-electron chi connectivity index (χ0n) is 9.75. The van der Waals surface area contributed by atoms with E-state index in [1.807, 2.05) is 0 Å². The Labute approximate surface area is 98.9 Å². The van der Waals surface area contributed by atoms with Crippen molar-refractivity contribution in [2.45, 2.75) is 31.8 Å². The molecule has 17 heavy (non-hydrogen) atoms. The smallest absolute Gasteiger partial charge is 0.251 e. The minimum atomic E-state index is -0.744. The normalized spacial score (nSPS) is 17.3. The van der Waals surface area contributed by atoms with E-state index < -0.39 is 5.60 Å². The molecule has 0 unspecified atom stereocenters. The van der Waals surface area contributed by atoms with Crippen molar-refractivity contribution >= 4 is 5.91 Å². The van der Waals surface area contributed by atoms with Crippen LogP contribution in [-0.4, -0.2) is 28.1 Å². The number of carbonyl (C=O) groups is 1. The number of rotatable bonds is 3. The van der Waals surface area contributed by atoms with E-state index in [1.165, 1.54) is 6.07 Å². The number of pyridine rings is 1. The van der Waals surface area contributed by atoms with Crippen molar-refractivity contribution in [1.29, 1.82) is 0 Å². The van der Waals surface area contributed by atoms with Gasteiger partial charge in [0, 0.05) is 23.9 Å². The third-order valence-corrected chi connectivity index (χ3v) is 3.10. The van der Waals surface area contributed by atoms with Gasteiger partial charge in [0.1, 0.15) is 0 Å². The first-order valence-corrected chi connectivity index (χ1v) is 5.70. The third-order valence-electron chi connectivity index (χ3n) is 3.10. The second-order valence-corrected chi connectivity index (χ2v) is 4.68. The molecule has 1 aliphatic rings. The summed E-state index contributed by atoms with van der Waals surface area (Å²) in [6.45, 7) is 1.97. The van der Waals surface area contributed by atoms with Crippen LogP contribution in [0.5, 0.6) is 0 Å². The molecule has 1 fully saturated rings. The number of aryl methyl sites for hydroxylation is 1. The molecule has 1 aromatic heterocycles. The summed E-state index contributed by atoms with van der Waals surface area (Å²) in [6, 6.07) is 2.87. The molecule has 2 rings (SSSR count). The molecule has 0 saturated heterocycles. The minimum absolute atomic E-state index is 0.248. The maximum Gasteiger partial charge on any atom is 0.251 e. The molecule has 1 heterocycles. The molecule has 1 amide bonds. The Balaban J connectivity index is 2.01. The largest absolute Gasteiger partial charge is 0.388 e. The number of aliphatic hydroxyl groups is 1. The molecule has 0 radical (unpaired) electrons. The second kappa shape index (κ2) is 4.33. The summed E-state index contributed by atoms with van der Waals surface area (Å²) in [5.41, 5.74) is -0.0667. The van der Waals surface area contributed by atoms with E-state index in [-0.39, 0.29) is 18.0 Å². The van der Waals surface area contributed by atoms with Crippen molar-refractivity contribution in [3.05, 3.63) is 33.7 Å². The molecule has 0 atom stereocenters. The Bertz CT molecular complexity index is 489. The van der Waals surface area contributed by atoms with Gasteiger partial charge in [-0.2, -0.15) is 0 Å². The van der Waals surface area contributed by atoms with Gasteiger partial charge in [-0.3, -0.25) is 9.59 Å². The lowest BCUT2D eigenvalue weighted by Crippen LogP contribution is -2.47. The summed E-state index contributed by atoms with van der Waals surface area (Å²) in [4.78, 5) is 25.5. The van der Waals surface area contributed by atoms with E-state index in [0.717, 1.165) is 19.3 Å². The monoisotopic (exact) mass is 236 g/mol. The zero-order chi connectivity index (χ0) is 12.5. The fraction of sp³-hybridized carbons (Fsp3) is 0.500. The van der Waals surface area contributed by atoms with Crippen LogP contribution in [0.15, 0.2) is 16.9 Å². The minimum Gasteiger partial charge on any atom is -0.388 e. The van der Waals surface area contributed by atoms with Crippen molar-refractivity contribution in [1.82, 2.24) is 10.3 Å². The standard InChI is InChI=1S/C12H16N2O3/c1-8-5-9(6-10(15)14-8)11(16)13-7-12(17)3-2-4-12/h5-6,17H,2-4,7H2,1H3,(H,13,16)(H,14,15). The van der Waals surface area contributed by atoms with Crippen molar-refractivity contribution in [3.8, 4) is 0 Å². The first kappa shape index (κ1) is 11.9. The lowest BCUT2D eigenvalue weighted by Gasteiger charge is -2.36. The quantitative estimate of drug-likeness (QED) is 0.707. The lowest BCUT2D eigenvalue weighted by molar-refractivity contribution is -0.0300. The number of hydrogen-bond acceptors (Lipinski definition) is 3. The van der Waals surface area contributed by atoms with Gasteiger partial charge in [0.2, 0.25) is 5.56 Å². The van der Waals surface area contributed by atoms with E-state index in [2.05, 4.69) is 10.3 Å². The van der Waals surface area contributed by atoms with Crippen LogP contribution in [0.25, 0.3) is 0 Å². The highest BCUT2D eigenvalue weighted by atomic mass is 16.3. The van der Waals surface area contributed by atoms with Gasteiger partial charge in [-0.15, -0.1) is 0 Å². The van der Waals surface area contributed by atoms with Crippen LogP contribution < -0.4 is 10.9 Å². The highest BCUT2D eigenvalue weighted by molar-refractivity contribution is 5.94. The Morgan fingerprint density at radius 2 is 2.24 bits per heavy atom. The fourth-order valence-electron chi connectivity index (χ4n) is 1.92. The molecule has 1 aliphatic carbocycles. The highest BCUT2D eigenvalue weighted by Crippen LogP contribution is 2.30. The van der Waals surface area contributed by atoms with Crippen LogP contribution in [0.3, 0.4) is 0 Å². The van der Waals surface area contributed by atoms with Gasteiger partial charge in [0.15, 0.2) is 0 Å². The number of nitrogens with one attached hydrogen (secondary N) is 2. The maximum atomic E-state index is 11.8. The first-order chi connectivity index (χ1) is 7.98. The number of aromatic amines is 1. The second-order valence-electron chi connectivity index (χ2n) is 4.68. The summed E-state index contributed by atoms with van der Waals surface area (Å²) in [6.07, 6.45) is 2.44. The predicted molar refractivity (Wildman–Crippen MR) is 62.9 cm³/mol. The molecule has 5 heteroatoms. The van der Waals surface area contributed by atoms with Gasteiger partial charge in [-0.1, -0.05) is 0 Å². The average molecular weight is 236 g/mol. The molecule has 1 aromatic rings. The fourth-order valence-corrected chi connectivity index (χ4v) is 1.92. The summed E-state index contributed by atoms with van der Waals surface area (Å²) in [5.74, 6) is -0.320. The van der Waals surface area contributed by atoms with E-state index in [4.69, 9.17) is 0 Å². The highest BCUT2D eigenvalue weighted by Gasteiger charge is 2.34. The average Bonchev–Trinajstić information content (AvgIpc) is 2.22. The van der Waals surface area contributed by atoms with Crippen molar-refractivity contribution in [2.24, 2.45) is 0 Å². The van der Waals surface area contributed by atoms with Crippen LogP contribution in [0, 0.1) is 6.92 Å². The third kappa shape index (κ3) is 2.74. The van der Waals surface area contributed by atoms with Crippen LogP contribution >= 0.6 is 0 Å². The van der Waals surface area contributed by atoms with E-state index in [1.54, 1.807) is 13.0 Å². The lowest BCUT2D eigenvalue weighted by atomic mass is 9.80. The van der Waals surface area contributed by atoms with Gasteiger partial charge in [0.25, 0.3) is 5.91 Å². The van der Waals surface area contributed by atoms with Crippen molar-refractivity contribution in [2.75, 3.05) is 6.54 Å². The molecule has 1 saturated carbocycles. The molecule has 3 N–H and O–H groups in total. The first-order valence-electron chi connectivity index (χ1n) is 5.70. The van der Waals surface area contributed by atoms with Gasteiger partial charge in [-0.05, 0) is 32.3 Å². The van der Waals surface area contributed by atoms with Crippen molar-refractivity contribution in [3.63, 3.8) is 0 Å². The van der Waals surface area contributed by atoms with E-state index in [0.29, 0.717) is 11.3 Å². The molecule has 92 valence electrons. The Morgan fingerprint density at radius 1 is 1.53 bits per heavy atom. The van der Waals surface area contributed by atoms with Crippen molar-refractivity contribution < 1.29 is 9.90 Å². The molecule has 0 aromatic carbocycles. The van der Waals surface area contributed by atoms with Gasteiger partial charge in [0.05, 0.1) is 5.60 Å². The number of carbonyl (C=O) groups excluding carboxylic acids is 1. The summed E-state index contributed by atoms with van der Waals surface area (Å²) >= 11 is 0. The Kier molecular flexibility index (Phi) is 3.02. The summed E-state index contributed by atoms with van der Waals surface area (Å²) in [7, 11) is 0. The van der Waals surface area contributed by atoms with Crippen LogP contribution in [0.4, 0.5) is 0 Å². The maximum absolute atomic E-state index is 11.8. The molecule has 5 nitrogen and oxygen atoms in total. The number of amides is 1. The SMILES string of the molecule is Cc1cc(C(=O)NCC2(O)CCC2)cc(=O)[nH]1. The molecule has 0 spiro atoms. The summed E-state index contributed by atoms with van der Waals surface area (Å²) < 4.78 is 0. The molecule has 0 bridgehead atoms. The topological polar surface area (TPSA) is 82.2 Å². The van der Waals surface area contributed by atoms with Gasteiger partial charge >= 0.3 is 0 Å². The van der Waals surface area contributed by atoms with Gasteiger partial charge < -0.3 is 15.4 Å². The van der Waals surface area contributed by atoms with E-state index in [9.17, 15) is 14.7 Å². The molecular formula is C12H16N2O3. The van der Waals surface area contributed by atoms with Crippen LogP contribution in [0.2, 0.25) is 0 Å². The molecular weight excluding hydrogens is 220 g/mol. The number of aromatic nitrogens is 1. The zero-order valence-corrected chi connectivity index (χ0v) is 9.75. The van der Waals surface area contributed by atoms with Crippen LogP contribution in [0.1, 0.15) is 35.3 Å². The number of hydrogen-bond donors (Lipinski definition) is 3. The predicted octanol–water partition coefficient (Wildman–Crippen LogP) is 0.328. The van der Waals surface area contributed by atoms with Crippen LogP contribution in [-0.2, 0) is 0 Å². The molecule has 0 aliphatic heterocycles. The van der Waals surface area contributed by atoms with Gasteiger partial charge in [-0.25, -0.2) is 0 Å². The number of H-pyrrole nitrogens is 1. The summed E-state index contributed by atoms with van der Waals surface area (Å²) in [5, 5.41) is 12.5. The Hall–Kier alpha value is -1.62. The van der Waals surface area contributed by atoms with E-state index >= 15 is 0 Å².